The normalized spacial score (nSPS) is 12.7. The van der Waals surface area contributed by atoms with Gasteiger partial charge in [-0.3, -0.25) is 0 Å². The van der Waals surface area contributed by atoms with Gasteiger partial charge in [-0.05, 0) is 24.1 Å². The number of halogens is 5. The summed E-state index contributed by atoms with van der Waals surface area (Å²) in [6.45, 7) is 1.99. The van der Waals surface area contributed by atoms with Gasteiger partial charge in [0.15, 0.2) is 11.6 Å². The standard InChI is InChI=1S/C12H15F4NO.ClH/c1-2-3-4-10(17)8-5-6-11(9(13)7-8)18-12(14,15)16;/h5-7,10H,2-4,17H2,1H3;1H/t10-;/m1./s1. The first-order valence-corrected chi connectivity index (χ1v) is 5.64. The lowest BCUT2D eigenvalue weighted by molar-refractivity contribution is -0.275. The second kappa shape index (κ2) is 7.55. The molecular formula is C12H16ClF4NO. The van der Waals surface area contributed by atoms with Crippen molar-refractivity contribution in [2.75, 3.05) is 0 Å². The van der Waals surface area contributed by atoms with Crippen LogP contribution in [0.4, 0.5) is 17.6 Å². The molecule has 0 saturated heterocycles. The summed E-state index contributed by atoms with van der Waals surface area (Å²) in [5.41, 5.74) is 6.27. The monoisotopic (exact) mass is 301 g/mol. The summed E-state index contributed by atoms with van der Waals surface area (Å²) in [4.78, 5) is 0. The lowest BCUT2D eigenvalue weighted by Gasteiger charge is -2.14. The molecule has 1 atom stereocenters. The van der Waals surface area contributed by atoms with Gasteiger partial charge in [0.1, 0.15) is 0 Å². The van der Waals surface area contributed by atoms with Gasteiger partial charge in [0.25, 0.3) is 0 Å². The Morgan fingerprint density at radius 3 is 2.42 bits per heavy atom. The van der Waals surface area contributed by atoms with Crippen LogP contribution in [0.25, 0.3) is 0 Å². The molecule has 2 nitrogen and oxygen atoms in total. The molecule has 1 aromatic carbocycles. The van der Waals surface area contributed by atoms with Gasteiger partial charge in [0, 0.05) is 6.04 Å². The van der Waals surface area contributed by atoms with Crippen molar-refractivity contribution < 1.29 is 22.3 Å². The number of ether oxygens (including phenoxy) is 1. The Balaban J connectivity index is 0.00000324. The van der Waals surface area contributed by atoms with Crippen molar-refractivity contribution >= 4 is 12.4 Å². The van der Waals surface area contributed by atoms with E-state index in [1.165, 1.54) is 6.07 Å². The van der Waals surface area contributed by atoms with Crippen LogP contribution in [-0.4, -0.2) is 6.36 Å². The van der Waals surface area contributed by atoms with Crippen LogP contribution in [0.1, 0.15) is 37.8 Å². The first-order valence-electron chi connectivity index (χ1n) is 5.64. The van der Waals surface area contributed by atoms with Crippen molar-refractivity contribution in [1.82, 2.24) is 0 Å². The van der Waals surface area contributed by atoms with Gasteiger partial charge >= 0.3 is 6.36 Å². The van der Waals surface area contributed by atoms with E-state index < -0.39 is 17.9 Å². The molecule has 2 N–H and O–H groups in total. The topological polar surface area (TPSA) is 35.2 Å². The molecule has 0 aliphatic carbocycles. The predicted octanol–water partition coefficient (Wildman–Crippen LogP) is 4.34. The van der Waals surface area contributed by atoms with Crippen molar-refractivity contribution in [3.8, 4) is 5.75 Å². The molecule has 0 amide bonds. The molecule has 0 spiro atoms. The number of hydrogen-bond acceptors (Lipinski definition) is 2. The van der Waals surface area contributed by atoms with E-state index in [4.69, 9.17) is 5.73 Å². The molecule has 0 bridgehead atoms. The number of alkyl halides is 3. The Bertz CT molecular complexity index is 398. The summed E-state index contributed by atoms with van der Waals surface area (Å²) >= 11 is 0. The third-order valence-corrected chi connectivity index (χ3v) is 2.48. The highest BCUT2D eigenvalue weighted by Gasteiger charge is 2.32. The quantitative estimate of drug-likeness (QED) is 0.821. The van der Waals surface area contributed by atoms with Gasteiger partial charge in [-0.25, -0.2) is 4.39 Å². The van der Waals surface area contributed by atoms with Crippen LogP contribution in [0.2, 0.25) is 0 Å². The second-order valence-electron chi connectivity index (χ2n) is 3.99. The minimum atomic E-state index is -4.90. The van der Waals surface area contributed by atoms with Crippen molar-refractivity contribution in [2.24, 2.45) is 5.73 Å². The third-order valence-electron chi connectivity index (χ3n) is 2.48. The zero-order valence-corrected chi connectivity index (χ0v) is 11.2. The first kappa shape index (κ1) is 18.0. The lowest BCUT2D eigenvalue weighted by Crippen LogP contribution is -2.18. The predicted molar refractivity (Wildman–Crippen MR) is 66.8 cm³/mol. The Morgan fingerprint density at radius 2 is 1.95 bits per heavy atom. The van der Waals surface area contributed by atoms with Crippen molar-refractivity contribution in [3.05, 3.63) is 29.6 Å². The minimum absolute atomic E-state index is 0. The fraction of sp³-hybridized carbons (Fsp3) is 0.500. The fourth-order valence-corrected chi connectivity index (χ4v) is 1.55. The molecule has 0 heterocycles. The zero-order chi connectivity index (χ0) is 13.8. The molecule has 1 aromatic rings. The molecule has 0 saturated carbocycles. The second-order valence-corrected chi connectivity index (χ2v) is 3.99. The molecule has 110 valence electrons. The Hall–Kier alpha value is -1.01. The maximum absolute atomic E-state index is 13.4. The number of nitrogens with two attached hydrogens (primary N) is 1. The van der Waals surface area contributed by atoms with Crippen molar-refractivity contribution in [3.63, 3.8) is 0 Å². The molecule has 0 unspecified atom stereocenters. The molecule has 19 heavy (non-hydrogen) atoms. The Morgan fingerprint density at radius 1 is 1.32 bits per heavy atom. The van der Waals surface area contributed by atoms with E-state index in [1.54, 1.807) is 0 Å². The van der Waals surface area contributed by atoms with Gasteiger partial charge in [-0.15, -0.1) is 25.6 Å². The zero-order valence-electron chi connectivity index (χ0n) is 10.3. The summed E-state index contributed by atoms with van der Waals surface area (Å²) in [5, 5.41) is 0. The molecular weight excluding hydrogens is 286 g/mol. The molecule has 0 aromatic heterocycles. The average molecular weight is 302 g/mol. The summed E-state index contributed by atoms with van der Waals surface area (Å²) in [6, 6.07) is 2.91. The number of hydrogen-bond donors (Lipinski definition) is 1. The lowest BCUT2D eigenvalue weighted by atomic mass is 10.0. The van der Waals surface area contributed by atoms with E-state index in [1.807, 2.05) is 6.92 Å². The Labute approximate surface area is 115 Å². The summed E-state index contributed by atoms with van der Waals surface area (Å²) in [6.07, 6.45) is -2.41. The van der Waals surface area contributed by atoms with Crippen LogP contribution in [0.5, 0.6) is 5.75 Å². The highest BCUT2D eigenvalue weighted by Crippen LogP contribution is 2.28. The van der Waals surface area contributed by atoms with Crippen LogP contribution < -0.4 is 10.5 Å². The van der Waals surface area contributed by atoms with Crippen molar-refractivity contribution in [2.45, 2.75) is 38.6 Å². The largest absolute Gasteiger partial charge is 0.573 e. The van der Waals surface area contributed by atoms with E-state index in [0.717, 1.165) is 25.0 Å². The third kappa shape index (κ3) is 6.11. The van der Waals surface area contributed by atoms with Crippen LogP contribution >= 0.6 is 12.4 Å². The summed E-state index contributed by atoms with van der Waals surface area (Å²) < 4.78 is 52.7. The van der Waals surface area contributed by atoms with Gasteiger partial charge in [-0.1, -0.05) is 25.8 Å². The Kier molecular flexibility index (Phi) is 7.15. The van der Waals surface area contributed by atoms with Crippen LogP contribution in [-0.2, 0) is 0 Å². The van der Waals surface area contributed by atoms with Crippen molar-refractivity contribution in [1.29, 1.82) is 0 Å². The highest BCUT2D eigenvalue weighted by atomic mass is 35.5. The van der Waals surface area contributed by atoms with Gasteiger partial charge in [0.05, 0.1) is 0 Å². The SMILES string of the molecule is CCCC[C@@H](N)c1ccc(OC(F)(F)F)c(F)c1.Cl. The first-order chi connectivity index (χ1) is 8.33. The van der Waals surface area contributed by atoms with E-state index in [-0.39, 0.29) is 18.4 Å². The van der Waals surface area contributed by atoms with E-state index in [9.17, 15) is 17.6 Å². The molecule has 0 radical (unpaired) electrons. The maximum atomic E-state index is 13.4. The van der Waals surface area contributed by atoms with Crippen LogP contribution in [0.15, 0.2) is 18.2 Å². The fourth-order valence-electron chi connectivity index (χ4n) is 1.55. The van der Waals surface area contributed by atoms with Gasteiger partial charge < -0.3 is 10.5 Å². The van der Waals surface area contributed by atoms with Crippen LogP contribution in [0.3, 0.4) is 0 Å². The average Bonchev–Trinajstić information content (AvgIpc) is 2.27. The number of benzene rings is 1. The van der Waals surface area contributed by atoms with Gasteiger partial charge in [0.2, 0.25) is 0 Å². The molecule has 0 fully saturated rings. The molecule has 0 aliphatic rings. The molecule has 7 heteroatoms. The summed E-state index contributed by atoms with van der Waals surface area (Å²) in [7, 11) is 0. The number of rotatable bonds is 5. The molecule has 1 rings (SSSR count). The smallest absolute Gasteiger partial charge is 0.403 e. The minimum Gasteiger partial charge on any atom is -0.403 e. The van der Waals surface area contributed by atoms with Gasteiger partial charge in [-0.2, -0.15) is 0 Å². The van der Waals surface area contributed by atoms with Crippen LogP contribution in [0, 0.1) is 5.82 Å². The number of unbranched alkanes of at least 4 members (excludes halogenated alkanes) is 1. The van der Waals surface area contributed by atoms with E-state index in [2.05, 4.69) is 4.74 Å². The highest BCUT2D eigenvalue weighted by molar-refractivity contribution is 5.85. The van der Waals surface area contributed by atoms with E-state index >= 15 is 0 Å². The maximum Gasteiger partial charge on any atom is 0.573 e. The van der Waals surface area contributed by atoms with E-state index in [0.29, 0.717) is 12.0 Å². The summed E-state index contributed by atoms with van der Waals surface area (Å²) in [5.74, 6) is -1.90. The molecule has 0 aliphatic heterocycles.